The molecule has 0 bridgehead atoms. The lowest BCUT2D eigenvalue weighted by Gasteiger charge is -2.28. The molecule has 2 N–H and O–H groups in total. The molecule has 2 aliphatic rings. The van der Waals surface area contributed by atoms with Crippen LogP contribution in [0.1, 0.15) is 40.5 Å². The number of aliphatic hydroxyl groups is 2. The van der Waals surface area contributed by atoms with Crippen molar-refractivity contribution >= 4 is 39.6 Å². The number of hydrogen-bond donors (Lipinski definition) is 2. The van der Waals surface area contributed by atoms with Crippen LogP contribution in [0.2, 0.25) is 0 Å². The van der Waals surface area contributed by atoms with Crippen molar-refractivity contribution < 1.29 is 24.5 Å². The number of carbonyl (C=O) groups excluding carboxylic acids is 2. The van der Waals surface area contributed by atoms with Gasteiger partial charge in [0.25, 0.3) is 11.8 Å². The summed E-state index contributed by atoms with van der Waals surface area (Å²) >= 11 is 0. The molecule has 7 rings (SSSR count). The lowest BCUT2D eigenvalue weighted by atomic mass is 9.83. The van der Waals surface area contributed by atoms with Gasteiger partial charge in [-0.1, -0.05) is 60.7 Å². The molecule has 238 valence electrons. The maximum atomic E-state index is 14.1. The molecule has 1 aromatic heterocycles. The van der Waals surface area contributed by atoms with E-state index in [0.29, 0.717) is 42.0 Å². The molecule has 0 saturated carbocycles. The minimum atomic E-state index is -1.80. The molecule has 0 spiro atoms. The Morgan fingerprint density at radius 3 is 2.55 bits per heavy atom. The maximum Gasteiger partial charge on any atom is 0.264 e. The number of carbonyl (C=O) groups is 2. The topological polar surface area (TPSA) is 121 Å². The molecule has 0 aliphatic carbocycles. The van der Waals surface area contributed by atoms with E-state index in [-0.39, 0.29) is 19.1 Å². The molecule has 10 heteroatoms. The monoisotopic (exact) mass is 629 g/mol. The van der Waals surface area contributed by atoms with Crippen molar-refractivity contribution in [1.82, 2.24) is 15.0 Å². The summed E-state index contributed by atoms with van der Waals surface area (Å²) in [5, 5.41) is 31.3. The number of fused-ring (bicyclic) bond motifs is 1. The van der Waals surface area contributed by atoms with Gasteiger partial charge in [0.15, 0.2) is 5.60 Å². The Morgan fingerprint density at radius 2 is 1.79 bits per heavy atom. The van der Waals surface area contributed by atoms with E-state index < -0.39 is 17.4 Å². The van der Waals surface area contributed by atoms with Crippen molar-refractivity contribution in [2.75, 3.05) is 23.5 Å². The van der Waals surface area contributed by atoms with Gasteiger partial charge >= 0.3 is 0 Å². The van der Waals surface area contributed by atoms with Crippen LogP contribution in [0.3, 0.4) is 0 Å². The van der Waals surface area contributed by atoms with E-state index in [9.17, 15) is 14.7 Å². The molecule has 0 saturated heterocycles. The largest absolute Gasteiger partial charge is 0.497 e. The molecule has 2 amide bonds. The van der Waals surface area contributed by atoms with Gasteiger partial charge in [0.2, 0.25) is 0 Å². The van der Waals surface area contributed by atoms with Crippen LogP contribution >= 0.6 is 0 Å². The highest BCUT2D eigenvalue weighted by Gasteiger charge is 2.52. The van der Waals surface area contributed by atoms with Crippen LogP contribution in [0, 0.1) is 5.92 Å². The fraction of sp³-hybridized carbons (Fsp3) is 0.243. The van der Waals surface area contributed by atoms with E-state index in [1.54, 1.807) is 39.9 Å². The summed E-state index contributed by atoms with van der Waals surface area (Å²) in [6, 6.07) is 24.6. The van der Waals surface area contributed by atoms with Crippen LogP contribution in [0.25, 0.3) is 10.8 Å². The summed E-state index contributed by atoms with van der Waals surface area (Å²) in [5.74, 6) is -0.473. The van der Waals surface area contributed by atoms with Crippen LogP contribution in [0.15, 0.2) is 97.2 Å². The summed E-state index contributed by atoms with van der Waals surface area (Å²) in [4.78, 5) is 30.9. The Balaban J connectivity index is 1.11. The van der Waals surface area contributed by atoms with Crippen molar-refractivity contribution in [2.45, 2.75) is 38.5 Å². The minimum absolute atomic E-state index is 0.0172. The first-order chi connectivity index (χ1) is 22.8. The normalized spacial score (nSPS) is 17.7. The summed E-state index contributed by atoms with van der Waals surface area (Å²) in [5.41, 5.74) is 3.18. The molecule has 2 atom stereocenters. The third-order valence-electron chi connectivity index (χ3n) is 9.13. The van der Waals surface area contributed by atoms with Gasteiger partial charge in [-0.15, -0.1) is 5.10 Å². The quantitative estimate of drug-likeness (QED) is 0.191. The van der Waals surface area contributed by atoms with Crippen molar-refractivity contribution in [3.05, 3.63) is 120 Å². The number of aromatic nitrogens is 3. The summed E-state index contributed by atoms with van der Waals surface area (Å²) < 4.78 is 7.17. The van der Waals surface area contributed by atoms with Crippen LogP contribution in [-0.4, -0.2) is 50.7 Å². The summed E-state index contributed by atoms with van der Waals surface area (Å²) in [6.07, 6.45) is 6.67. The number of aryl methyl sites for hydroxylation is 1. The number of amides is 2. The van der Waals surface area contributed by atoms with Crippen LogP contribution in [-0.2, 0) is 29.9 Å². The predicted molar refractivity (Wildman–Crippen MR) is 179 cm³/mol. The van der Waals surface area contributed by atoms with E-state index in [0.717, 1.165) is 33.4 Å². The van der Waals surface area contributed by atoms with E-state index in [2.05, 4.69) is 10.3 Å². The summed E-state index contributed by atoms with van der Waals surface area (Å²) in [7, 11) is 1.56. The van der Waals surface area contributed by atoms with E-state index >= 15 is 0 Å². The van der Waals surface area contributed by atoms with Gasteiger partial charge in [0.1, 0.15) is 5.75 Å². The number of aliphatic hydroxyl groups excluding tert-OH is 1. The van der Waals surface area contributed by atoms with Gasteiger partial charge in [-0.2, -0.15) is 0 Å². The molecule has 3 heterocycles. The van der Waals surface area contributed by atoms with Crippen LogP contribution in [0.4, 0.5) is 17.1 Å². The highest BCUT2D eigenvalue weighted by Crippen LogP contribution is 2.47. The van der Waals surface area contributed by atoms with Crippen molar-refractivity contribution in [2.24, 2.45) is 5.92 Å². The average Bonchev–Trinajstić information content (AvgIpc) is 3.73. The Morgan fingerprint density at radius 1 is 1.00 bits per heavy atom. The van der Waals surface area contributed by atoms with E-state index in [4.69, 9.17) is 9.84 Å². The molecule has 0 fully saturated rings. The minimum Gasteiger partial charge on any atom is -0.497 e. The zero-order chi connectivity index (χ0) is 32.7. The fourth-order valence-electron chi connectivity index (χ4n) is 6.64. The van der Waals surface area contributed by atoms with Gasteiger partial charge in [-0.3, -0.25) is 19.2 Å². The van der Waals surface area contributed by atoms with Crippen LogP contribution in [0.5, 0.6) is 5.75 Å². The number of rotatable bonds is 11. The molecule has 47 heavy (non-hydrogen) atoms. The van der Waals surface area contributed by atoms with Gasteiger partial charge in [0.05, 0.1) is 36.3 Å². The smallest absolute Gasteiger partial charge is 0.264 e. The Bertz CT molecular complexity index is 2010. The molecular weight excluding hydrogens is 594 g/mol. The van der Waals surface area contributed by atoms with Gasteiger partial charge in [-0.25, -0.2) is 0 Å². The second kappa shape index (κ2) is 12.1. The number of benzene rings is 4. The Labute approximate surface area is 272 Å². The maximum absolute atomic E-state index is 14.1. The average molecular weight is 630 g/mol. The number of hydrogen-bond acceptors (Lipinski definition) is 7. The summed E-state index contributed by atoms with van der Waals surface area (Å²) in [6.45, 7) is 2.66. The number of allylic oxidation sites excluding steroid dienone is 1. The predicted octanol–water partition coefficient (Wildman–Crippen LogP) is 5.28. The lowest BCUT2D eigenvalue weighted by molar-refractivity contribution is -0.139. The Hall–Kier alpha value is -5.32. The molecule has 10 nitrogen and oxygen atoms in total. The standard InChI is InChI=1S/C37H35N5O5/c1-24(7-3-4-19-40-23-27(18-20-43)38-39-40)37(46)31-21-29(47-2)16-17-32(31)41(36(37)45)22-25-12-14-28(15-13-25)42-33-11-6-9-26-8-5-10-30(34(26)33)35(42)44/h3,5-17,21,23-24,43,46H,4,18-20,22H2,1-2H3/b7-3+/t24-,37+/m0/s1. The zero-order valence-corrected chi connectivity index (χ0v) is 26.2. The zero-order valence-electron chi connectivity index (χ0n) is 26.2. The third-order valence-corrected chi connectivity index (χ3v) is 9.13. The number of ether oxygens (including phenoxy) is 1. The molecule has 2 aliphatic heterocycles. The highest BCUT2D eigenvalue weighted by atomic mass is 16.5. The van der Waals surface area contributed by atoms with E-state index in [1.165, 1.54) is 0 Å². The molecule has 5 aromatic rings. The number of anilines is 3. The first-order valence-corrected chi connectivity index (χ1v) is 15.7. The SMILES string of the molecule is COc1ccc2c(c1)[C@](O)([C@@H](C)/C=C/CCn1cc(CCO)nn1)C(=O)N2Cc1ccc(N2C(=O)c3cccc4cccc2c34)cc1. The van der Waals surface area contributed by atoms with Crippen molar-refractivity contribution in [3.63, 3.8) is 0 Å². The third kappa shape index (κ3) is 5.15. The fourth-order valence-corrected chi connectivity index (χ4v) is 6.64. The van der Waals surface area contributed by atoms with Gasteiger partial charge in [0, 0.05) is 48.3 Å². The number of nitrogens with zero attached hydrogens (tertiary/aromatic N) is 5. The Kier molecular flexibility index (Phi) is 7.83. The van der Waals surface area contributed by atoms with Crippen molar-refractivity contribution in [3.8, 4) is 5.75 Å². The second-order valence-electron chi connectivity index (χ2n) is 12.0. The van der Waals surface area contributed by atoms with Crippen LogP contribution < -0.4 is 14.5 Å². The molecular formula is C37H35N5O5. The molecule has 0 unspecified atom stereocenters. The first-order valence-electron chi connectivity index (χ1n) is 15.7. The van der Waals surface area contributed by atoms with E-state index in [1.807, 2.05) is 85.8 Å². The number of methoxy groups -OCH3 is 1. The molecule has 4 aromatic carbocycles. The van der Waals surface area contributed by atoms with Crippen molar-refractivity contribution in [1.29, 1.82) is 0 Å². The van der Waals surface area contributed by atoms with Gasteiger partial charge in [-0.05, 0) is 59.8 Å². The van der Waals surface area contributed by atoms with Gasteiger partial charge < -0.3 is 19.8 Å². The lowest BCUT2D eigenvalue weighted by Crippen LogP contribution is -2.44. The first kappa shape index (κ1) is 30.3. The highest BCUT2D eigenvalue weighted by molar-refractivity contribution is 6.27. The molecule has 0 radical (unpaired) electrons. The second-order valence-corrected chi connectivity index (χ2v) is 12.0.